The summed E-state index contributed by atoms with van der Waals surface area (Å²) < 4.78 is 0. The zero-order valence-corrected chi connectivity index (χ0v) is 8.99. The molecule has 0 fully saturated rings. The quantitative estimate of drug-likeness (QED) is 0.633. The first-order valence-electron chi connectivity index (χ1n) is 4.94. The predicted octanol–water partition coefficient (Wildman–Crippen LogP) is 3.35. The number of hydrogen-bond acceptors (Lipinski definition) is 2. The van der Waals surface area contributed by atoms with Gasteiger partial charge in [0, 0.05) is 11.6 Å². The lowest BCUT2D eigenvalue weighted by atomic mass is 10.2. The van der Waals surface area contributed by atoms with Gasteiger partial charge in [0.05, 0.1) is 5.52 Å². The molecule has 0 atom stereocenters. The van der Waals surface area contributed by atoms with Gasteiger partial charge in [-0.05, 0) is 18.6 Å². The van der Waals surface area contributed by atoms with E-state index in [2.05, 4.69) is 42.9 Å². The zero-order chi connectivity index (χ0) is 10.4. The molecule has 74 valence electrons. The molecule has 2 aromatic rings. The fraction of sp³-hybridized carbons (Fsp3) is 0.333. The van der Waals surface area contributed by atoms with Crippen LogP contribution in [0.2, 0.25) is 0 Å². The van der Waals surface area contributed by atoms with Gasteiger partial charge in [0.15, 0.2) is 0 Å². The number of aryl methyl sites for hydroxylation is 1. The van der Waals surface area contributed by atoms with Crippen LogP contribution in [-0.4, -0.2) is 9.97 Å². The number of fused-ring (bicyclic) bond motifs is 1. The van der Waals surface area contributed by atoms with Crippen LogP contribution in [0.5, 0.6) is 0 Å². The fourth-order valence-corrected chi connectivity index (χ4v) is 1.08. The highest BCUT2D eigenvalue weighted by atomic mass is 14.8. The second kappa shape index (κ2) is 5.32. The van der Waals surface area contributed by atoms with E-state index in [0.717, 1.165) is 10.9 Å². The van der Waals surface area contributed by atoms with Gasteiger partial charge in [-0.15, -0.1) is 0 Å². The third-order valence-electron chi connectivity index (χ3n) is 1.66. The minimum atomic E-state index is 1.01. The minimum Gasteiger partial charge on any atom is -0.244 e. The first-order valence-corrected chi connectivity index (χ1v) is 4.94. The van der Waals surface area contributed by atoms with Crippen molar-refractivity contribution < 1.29 is 0 Å². The van der Waals surface area contributed by atoms with Crippen LogP contribution < -0.4 is 0 Å². The van der Waals surface area contributed by atoms with Crippen molar-refractivity contribution in [2.24, 2.45) is 0 Å². The van der Waals surface area contributed by atoms with Crippen LogP contribution in [0.3, 0.4) is 0 Å². The molecular formula is C12H16N2. The van der Waals surface area contributed by atoms with Gasteiger partial charge in [0.2, 0.25) is 0 Å². The lowest BCUT2D eigenvalue weighted by molar-refractivity contribution is 1.09. The molecule has 0 spiro atoms. The maximum atomic E-state index is 4.13. The second-order valence-electron chi connectivity index (χ2n) is 3.29. The number of hydrogen-bond donors (Lipinski definition) is 0. The minimum absolute atomic E-state index is 1.01. The number of aromatic nitrogens is 2. The maximum Gasteiger partial charge on any atom is 0.116 e. The van der Waals surface area contributed by atoms with E-state index in [4.69, 9.17) is 0 Å². The summed E-state index contributed by atoms with van der Waals surface area (Å²) in [4.78, 5) is 8.06. The van der Waals surface area contributed by atoms with Crippen LogP contribution in [0.25, 0.3) is 10.9 Å². The van der Waals surface area contributed by atoms with Gasteiger partial charge in [-0.25, -0.2) is 9.97 Å². The second-order valence-corrected chi connectivity index (χ2v) is 3.29. The molecule has 0 aliphatic rings. The van der Waals surface area contributed by atoms with Gasteiger partial charge in [-0.3, -0.25) is 0 Å². The molecule has 0 saturated carbocycles. The van der Waals surface area contributed by atoms with Crippen molar-refractivity contribution in [3.05, 3.63) is 36.3 Å². The molecule has 1 heterocycles. The highest BCUT2D eigenvalue weighted by Crippen LogP contribution is 2.10. The lowest BCUT2D eigenvalue weighted by Gasteiger charge is -1.95. The smallest absolute Gasteiger partial charge is 0.116 e. The van der Waals surface area contributed by atoms with Gasteiger partial charge in [-0.2, -0.15) is 0 Å². The Bertz CT molecular complexity index is 396. The van der Waals surface area contributed by atoms with Crippen LogP contribution in [0.15, 0.2) is 30.7 Å². The summed E-state index contributed by atoms with van der Waals surface area (Å²) in [5.74, 6) is 0. The maximum absolute atomic E-state index is 4.13. The Morgan fingerprint density at radius 2 is 1.93 bits per heavy atom. The van der Waals surface area contributed by atoms with Gasteiger partial charge in [0.1, 0.15) is 6.33 Å². The summed E-state index contributed by atoms with van der Waals surface area (Å²) in [5, 5.41) is 1.10. The molecule has 2 nitrogen and oxygen atoms in total. The molecule has 0 radical (unpaired) electrons. The van der Waals surface area contributed by atoms with E-state index in [1.54, 1.807) is 6.33 Å². The Morgan fingerprint density at radius 3 is 2.64 bits per heavy atom. The van der Waals surface area contributed by atoms with Gasteiger partial charge in [0.25, 0.3) is 0 Å². The molecule has 2 heteroatoms. The van der Waals surface area contributed by atoms with E-state index in [0.29, 0.717) is 0 Å². The van der Waals surface area contributed by atoms with Crippen molar-refractivity contribution in [2.75, 3.05) is 0 Å². The van der Waals surface area contributed by atoms with Crippen LogP contribution in [0.1, 0.15) is 25.8 Å². The van der Waals surface area contributed by atoms with Crippen molar-refractivity contribution in [2.45, 2.75) is 27.2 Å². The Morgan fingerprint density at radius 1 is 1.21 bits per heavy atom. The largest absolute Gasteiger partial charge is 0.244 e. The Balaban J connectivity index is 0.000000293. The molecule has 1 aromatic carbocycles. The third-order valence-corrected chi connectivity index (χ3v) is 1.66. The normalized spacial score (nSPS) is 9.36. The molecule has 0 aliphatic carbocycles. The monoisotopic (exact) mass is 188 g/mol. The molecule has 0 amide bonds. The lowest BCUT2D eigenvalue weighted by Crippen LogP contribution is -1.80. The van der Waals surface area contributed by atoms with E-state index in [-0.39, 0.29) is 0 Å². The van der Waals surface area contributed by atoms with E-state index in [1.807, 2.05) is 12.3 Å². The molecule has 14 heavy (non-hydrogen) atoms. The summed E-state index contributed by atoms with van der Waals surface area (Å²) in [6.45, 7) is 6.31. The summed E-state index contributed by atoms with van der Waals surface area (Å²) >= 11 is 0. The standard InChI is InChI=1S/C9H8N2.C3H8/c1-7-2-3-8-5-10-6-11-9(8)4-7;1-3-2/h2-6H,1H3;3H2,1-2H3. The predicted molar refractivity (Wildman–Crippen MR) is 60.2 cm³/mol. The van der Waals surface area contributed by atoms with Crippen LogP contribution >= 0.6 is 0 Å². The molecule has 1 aromatic heterocycles. The average Bonchev–Trinajstić information content (AvgIpc) is 2.19. The van der Waals surface area contributed by atoms with Crippen molar-refractivity contribution >= 4 is 10.9 Å². The summed E-state index contributed by atoms with van der Waals surface area (Å²) in [6, 6.07) is 6.15. The summed E-state index contributed by atoms with van der Waals surface area (Å²) in [7, 11) is 0. The van der Waals surface area contributed by atoms with E-state index < -0.39 is 0 Å². The number of nitrogens with zero attached hydrogens (tertiary/aromatic N) is 2. The van der Waals surface area contributed by atoms with Gasteiger partial charge >= 0.3 is 0 Å². The first-order chi connectivity index (χ1) is 6.77. The molecule has 2 rings (SSSR count). The van der Waals surface area contributed by atoms with Crippen molar-refractivity contribution in [3.8, 4) is 0 Å². The Labute approximate surface area is 85.0 Å². The fourth-order valence-electron chi connectivity index (χ4n) is 1.08. The topological polar surface area (TPSA) is 25.8 Å². The van der Waals surface area contributed by atoms with Gasteiger partial charge in [-0.1, -0.05) is 32.4 Å². The Kier molecular flexibility index (Phi) is 4.05. The van der Waals surface area contributed by atoms with Crippen molar-refractivity contribution in [3.63, 3.8) is 0 Å². The number of rotatable bonds is 0. The van der Waals surface area contributed by atoms with Gasteiger partial charge < -0.3 is 0 Å². The molecule has 0 unspecified atom stereocenters. The van der Waals surface area contributed by atoms with E-state index in [9.17, 15) is 0 Å². The molecule has 0 aliphatic heterocycles. The van der Waals surface area contributed by atoms with Crippen molar-refractivity contribution in [1.29, 1.82) is 0 Å². The SMILES string of the molecule is CCC.Cc1ccc2cncnc2c1. The van der Waals surface area contributed by atoms with E-state index >= 15 is 0 Å². The van der Waals surface area contributed by atoms with E-state index in [1.165, 1.54) is 12.0 Å². The van der Waals surface area contributed by atoms with Crippen LogP contribution in [0.4, 0.5) is 0 Å². The molecular weight excluding hydrogens is 172 g/mol. The number of benzene rings is 1. The molecule has 0 saturated heterocycles. The summed E-state index contributed by atoms with van der Waals surface area (Å²) in [6.07, 6.45) is 4.64. The average molecular weight is 188 g/mol. The summed E-state index contributed by atoms with van der Waals surface area (Å²) in [5.41, 5.74) is 2.25. The molecule has 0 N–H and O–H groups in total. The third kappa shape index (κ3) is 2.80. The highest BCUT2D eigenvalue weighted by Gasteiger charge is 1.91. The zero-order valence-electron chi connectivity index (χ0n) is 8.99. The Hall–Kier alpha value is -1.44. The van der Waals surface area contributed by atoms with Crippen molar-refractivity contribution in [1.82, 2.24) is 9.97 Å². The van der Waals surface area contributed by atoms with Crippen LogP contribution in [0, 0.1) is 6.92 Å². The highest BCUT2D eigenvalue weighted by molar-refractivity contribution is 5.77. The first kappa shape index (κ1) is 10.6. The van der Waals surface area contributed by atoms with Crippen LogP contribution in [-0.2, 0) is 0 Å². The molecule has 0 bridgehead atoms.